The fourth-order valence-corrected chi connectivity index (χ4v) is 6.70. The van der Waals surface area contributed by atoms with Crippen molar-refractivity contribution in [3.8, 4) is 12.1 Å². The maximum atomic E-state index is 12.1. The largest absolute Gasteiger partial charge is 0.463 e. The normalized spacial score (nSPS) is 11.7. The minimum atomic E-state index is -0.148. The van der Waals surface area contributed by atoms with Gasteiger partial charge in [0.2, 0.25) is 0 Å². The Morgan fingerprint density at radius 3 is 2.07 bits per heavy atom. The number of aryl methyl sites for hydroxylation is 1. The number of benzene rings is 2. The number of anilines is 1. The van der Waals surface area contributed by atoms with Gasteiger partial charge in [-0.2, -0.15) is 10.5 Å². The van der Waals surface area contributed by atoms with Gasteiger partial charge in [0, 0.05) is 25.2 Å². The van der Waals surface area contributed by atoms with E-state index in [0.717, 1.165) is 17.7 Å². The number of rotatable bonds is 29. The summed E-state index contributed by atoms with van der Waals surface area (Å²) in [6.07, 6.45) is 9.15. The molecule has 1 aromatic heterocycles. The molecule has 11 nitrogen and oxygen atoms in total. The van der Waals surface area contributed by atoms with Crippen molar-refractivity contribution in [3.63, 3.8) is 0 Å². The quantitative estimate of drug-likeness (QED) is 0.0383. The molecule has 0 saturated carbocycles. The smallest absolute Gasteiger partial charge is 0.306 e. The Morgan fingerprint density at radius 1 is 0.800 bits per heavy atom. The summed E-state index contributed by atoms with van der Waals surface area (Å²) in [6.45, 7) is 13.4. The van der Waals surface area contributed by atoms with Gasteiger partial charge in [0.25, 0.3) is 0 Å². The third kappa shape index (κ3) is 17.9. The number of carbonyl (C=O) groups is 1. The summed E-state index contributed by atoms with van der Waals surface area (Å²) in [5.41, 5.74) is 4.88. The van der Waals surface area contributed by atoms with Crippen molar-refractivity contribution in [2.24, 2.45) is 16.1 Å². The highest BCUT2D eigenvalue weighted by atomic mass is 32.1. The molecule has 0 aliphatic heterocycles. The highest BCUT2D eigenvalue weighted by Crippen LogP contribution is 2.36. The van der Waals surface area contributed by atoms with Gasteiger partial charge in [-0.3, -0.25) is 4.79 Å². The van der Waals surface area contributed by atoms with Gasteiger partial charge < -0.3 is 28.6 Å². The minimum absolute atomic E-state index is 0.148. The average molecular weight is 774 g/mol. The topological polar surface area (TPSA) is 139 Å². The summed E-state index contributed by atoms with van der Waals surface area (Å²) in [4.78, 5) is 14.8. The van der Waals surface area contributed by atoms with Gasteiger partial charge in [-0.15, -0.1) is 21.6 Å². The summed E-state index contributed by atoms with van der Waals surface area (Å²) in [5.74, 6) is 0.206. The van der Waals surface area contributed by atoms with Crippen molar-refractivity contribution >= 4 is 33.7 Å². The molecule has 12 heteroatoms. The Kier molecular flexibility index (Phi) is 22.5. The van der Waals surface area contributed by atoms with Crippen LogP contribution in [0.4, 0.5) is 16.4 Å². The first-order valence-corrected chi connectivity index (χ1v) is 20.4. The molecular formula is C43H59N5O6S. The van der Waals surface area contributed by atoms with E-state index in [1.165, 1.54) is 55.4 Å². The fourth-order valence-electron chi connectivity index (χ4n) is 5.83. The van der Waals surface area contributed by atoms with Crippen LogP contribution in [0.3, 0.4) is 0 Å². The number of nitrogens with zero attached hydrogens (tertiary/aromatic N) is 5. The number of azo groups is 1. The number of nitriles is 2. The first kappa shape index (κ1) is 45.2. The second-order valence-electron chi connectivity index (χ2n) is 13.6. The summed E-state index contributed by atoms with van der Waals surface area (Å²) in [7, 11) is 0. The molecule has 1 heterocycles. The fraction of sp³-hybridized carbons (Fsp3) is 0.558. The zero-order valence-corrected chi connectivity index (χ0v) is 34.0. The van der Waals surface area contributed by atoms with Crippen molar-refractivity contribution in [1.82, 2.24) is 0 Å². The van der Waals surface area contributed by atoms with Crippen LogP contribution in [0.25, 0.3) is 0 Å². The molecule has 3 rings (SSSR count). The molecule has 0 spiro atoms. The van der Waals surface area contributed by atoms with Crippen molar-refractivity contribution in [2.45, 2.75) is 85.6 Å². The summed E-state index contributed by atoms with van der Waals surface area (Å²) in [6, 6.07) is 20.6. The third-order valence-electron chi connectivity index (χ3n) is 9.03. The number of esters is 1. The second kappa shape index (κ2) is 27.4. The molecule has 0 aliphatic carbocycles. The number of hydrogen-bond donors (Lipinski definition) is 0. The predicted molar refractivity (Wildman–Crippen MR) is 217 cm³/mol. The van der Waals surface area contributed by atoms with E-state index >= 15 is 0 Å². The molecule has 1 unspecified atom stereocenters. The number of hydrogen-bond acceptors (Lipinski definition) is 12. The minimum Gasteiger partial charge on any atom is -0.463 e. The second-order valence-corrected chi connectivity index (χ2v) is 14.6. The van der Waals surface area contributed by atoms with Gasteiger partial charge in [0.05, 0.1) is 64.1 Å². The van der Waals surface area contributed by atoms with Gasteiger partial charge in [-0.25, -0.2) is 0 Å². The van der Waals surface area contributed by atoms with Crippen molar-refractivity contribution < 1.29 is 28.5 Å². The molecule has 298 valence electrons. The van der Waals surface area contributed by atoms with Crippen LogP contribution in [0, 0.1) is 42.4 Å². The lowest BCUT2D eigenvalue weighted by atomic mass is 9.99. The zero-order valence-electron chi connectivity index (χ0n) is 33.2. The SMILES string of the molecule is CCCCCCCCC(C)CC(=O)OCCOCCOCCOCCOCCN(Cc1ccccc1)c1ccc(/N=N/c2sc(C#N)c(C)c2C#N)c(C)c1. The van der Waals surface area contributed by atoms with Crippen LogP contribution in [0.15, 0.2) is 58.8 Å². The molecule has 0 saturated heterocycles. The lowest BCUT2D eigenvalue weighted by Crippen LogP contribution is -2.27. The number of carbonyl (C=O) groups excluding carboxylic acids is 1. The van der Waals surface area contributed by atoms with E-state index in [4.69, 9.17) is 23.7 Å². The molecule has 55 heavy (non-hydrogen) atoms. The van der Waals surface area contributed by atoms with Gasteiger partial charge in [0.15, 0.2) is 5.00 Å². The first-order valence-electron chi connectivity index (χ1n) is 19.6. The lowest BCUT2D eigenvalue weighted by molar-refractivity contribution is -0.146. The molecule has 0 N–H and O–H groups in total. The van der Waals surface area contributed by atoms with E-state index in [-0.39, 0.29) is 12.6 Å². The van der Waals surface area contributed by atoms with Gasteiger partial charge in [-0.05, 0) is 54.7 Å². The summed E-state index contributed by atoms with van der Waals surface area (Å²) < 4.78 is 28.0. The molecular weight excluding hydrogens is 715 g/mol. The molecule has 0 fully saturated rings. The predicted octanol–water partition coefficient (Wildman–Crippen LogP) is 9.92. The van der Waals surface area contributed by atoms with Gasteiger partial charge >= 0.3 is 5.97 Å². The van der Waals surface area contributed by atoms with Gasteiger partial charge in [0.1, 0.15) is 23.6 Å². The van der Waals surface area contributed by atoms with Crippen LogP contribution in [-0.2, 0) is 35.0 Å². The maximum absolute atomic E-state index is 12.1. The van der Waals surface area contributed by atoms with E-state index in [0.29, 0.717) is 105 Å². The Bertz CT molecular complexity index is 1650. The van der Waals surface area contributed by atoms with Crippen LogP contribution in [0.2, 0.25) is 0 Å². The van der Waals surface area contributed by atoms with Crippen molar-refractivity contribution in [1.29, 1.82) is 10.5 Å². The van der Waals surface area contributed by atoms with E-state index in [9.17, 15) is 15.3 Å². The Balaban J connectivity index is 1.27. The average Bonchev–Trinajstić information content (AvgIpc) is 3.50. The van der Waals surface area contributed by atoms with Crippen LogP contribution in [0.5, 0.6) is 0 Å². The standard InChI is InChI=1S/C43H59N5O6S/c1-5-6-7-8-9-11-14-34(2)29-42(49)54-28-27-53-26-25-52-24-23-51-22-21-50-20-19-48(33-37-15-12-10-13-16-37)38-17-18-40(35(3)30-38)46-47-43-39(31-44)36(4)41(32-45)55-43/h10,12-13,15-18,30,34H,5-9,11,14,19-29,33H2,1-4H3/b47-46+. The lowest BCUT2D eigenvalue weighted by Gasteiger charge is -2.25. The molecule has 0 aliphatic rings. The summed E-state index contributed by atoms with van der Waals surface area (Å²) in [5, 5.41) is 28.0. The third-order valence-corrected chi connectivity index (χ3v) is 10.1. The van der Waals surface area contributed by atoms with Gasteiger partial charge in [-0.1, -0.05) is 89.1 Å². The first-order chi connectivity index (χ1) is 26.9. The molecule has 0 bridgehead atoms. The number of unbranched alkanes of at least 4 members (excludes halogenated alkanes) is 5. The Morgan fingerprint density at radius 2 is 1.44 bits per heavy atom. The molecule has 3 aromatic rings. The highest BCUT2D eigenvalue weighted by Gasteiger charge is 2.15. The highest BCUT2D eigenvalue weighted by molar-refractivity contribution is 7.16. The number of ether oxygens (including phenoxy) is 5. The Labute approximate surface area is 332 Å². The van der Waals surface area contributed by atoms with Crippen LogP contribution >= 0.6 is 11.3 Å². The summed E-state index contributed by atoms with van der Waals surface area (Å²) >= 11 is 1.17. The van der Waals surface area contributed by atoms with E-state index < -0.39 is 0 Å². The van der Waals surface area contributed by atoms with E-state index in [1.807, 2.05) is 37.3 Å². The van der Waals surface area contributed by atoms with Crippen LogP contribution in [0.1, 0.15) is 92.3 Å². The van der Waals surface area contributed by atoms with Crippen LogP contribution < -0.4 is 4.90 Å². The molecule has 0 amide bonds. The van der Waals surface area contributed by atoms with Crippen molar-refractivity contribution in [3.05, 3.63) is 75.7 Å². The van der Waals surface area contributed by atoms with Crippen LogP contribution in [-0.4, -0.2) is 72.0 Å². The van der Waals surface area contributed by atoms with E-state index in [1.54, 1.807) is 6.92 Å². The van der Waals surface area contributed by atoms with E-state index in [2.05, 4.69) is 59.3 Å². The molecule has 0 radical (unpaired) electrons. The molecule has 2 aromatic carbocycles. The maximum Gasteiger partial charge on any atom is 0.306 e. The monoisotopic (exact) mass is 773 g/mol. The number of thiophene rings is 1. The molecule has 1 atom stereocenters. The van der Waals surface area contributed by atoms with Crippen molar-refractivity contribution in [2.75, 3.05) is 70.9 Å². The zero-order chi connectivity index (χ0) is 39.5. The Hall–Kier alpha value is -4.17.